The van der Waals surface area contributed by atoms with Crippen LogP contribution in [0.2, 0.25) is 5.02 Å². The normalized spacial score (nSPS) is 14.6. The second kappa shape index (κ2) is 10.8. The van der Waals surface area contributed by atoms with Crippen molar-refractivity contribution in [3.05, 3.63) is 98.4 Å². The van der Waals surface area contributed by atoms with E-state index in [0.717, 1.165) is 21.6 Å². The van der Waals surface area contributed by atoms with E-state index in [2.05, 4.69) is 0 Å². The van der Waals surface area contributed by atoms with Gasteiger partial charge < -0.3 is 4.74 Å². The number of hydrogen-bond donors (Lipinski definition) is 0. The van der Waals surface area contributed by atoms with Crippen molar-refractivity contribution in [2.45, 2.75) is 9.79 Å². The summed E-state index contributed by atoms with van der Waals surface area (Å²) in [5, 5.41) is 11.8. The number of nitrogens with zero attached hydrogens (tertiary/aromatic N) is 2. The lowest BCUT2D eigenvalue weighted by molar-refractivity contribution is -0.387. The Balaban J connectivity index is 1.47. The Morgan fingerprint density at radius 1 is 1.06 bits per heavy atom. The molecule has 34 heavy (non-hydrogen) atoms. The SMILES string of the molecule is O=C1S/C(=C\c2ccc(Sc3ccc(Cl)cc3)c([N+](=O)[O-])c2)C(=O)N1CCOc1ccccc1. The van der Waals surface area contributed by atoms with Crippen molar-refractivity contribution in [3.8, 4) is 5.75 Å². The first-order chi connectivity index (χ1) is 16.4. The number of thioether (sulfide) groups is 1. The van der Waals surface area contributed by atoms with Crippen LogP contribution in [0.15, 0.2) is 87.5 Å². The molecule has 1 aliphatic heterocycles. The molecule has 10 heteroatoms. The summed E-state index contributed by atoms with van der Waals surface area (Å²) in [6, 6.07) is 20.8. The highest BCUT2D eigenvalue weighted by molar-refractivity contribution is 8.18. The van der Waals surface area contributed by atoms with Crippen molar-refractivity contribution in [3.63, 3.8) is 0 Å². The molecule has 0 radical (unpaired) electrons. The first-order valence-corrected chi connectivity index (χ1v) is 12.1. The fourth-order valence-electron chi connectivity index (χ4n) is 3.10. The molecule has 1 heterocycles. The highest BCUT2D eigenvalue weighted by atomic mass is 35.5. The lowest BCUT2D eigenvalue weighted by atomic mass is 10.2. The van der Waals surface area contributed by atoms with Crippen LogP contribution in [0.5, 0.6) is 5.75 Å². The number of amides is 2. The Morgan fingerprint density at radius 2 is 1.79 bits per heavy atom. The van der Waals surface area contributed by atoms with Gasteiger partial charge in [-0.25, -0.2) is 0 Å². The lowest BCUT2D eigenvalue weighted by Crippen LogP contribution is -2.32. The molecule has 3 aromatic carbocycles. The van der Waals surface area contributed by atoms with E-state index in [1.807, 2.05) is 18.2 Å². The summed E-state index contributed by atoms with van der Waals surface area (Å²) < 4.78 is 5.57. The van der Waals surface area contributed by atoms with Crippen LogP contribution in [-0.2, 0) is 4.79 Å². The van der Waals surface area contributed by atoms with E-state index in [1.165, 1.54) is 23.9 Å². The Hall–Kier alpha value is -3.27. The lowest BCUT2D eigenvalue weighted by Gasteiger charge is -2.13. The quantitative estimate of drug-likeness (QED) is 0.193. The van der Waals surface area contributed by atoms with Gasteiger partial charge in [-0.3, -0.25) is 24.6 Å². The maximum absolute atomic E-state index is 12.7. The average Bonchev–Trinajstić information content (AvgIpc) is 3.09. The molecule has 1 aliphatic rings. The van der Waals surface area contributed by atoms with E-state index in [-0.39, 0.29) is 23.7 Å². The smallest absolute Gasteiger partial charge is 0.293 e. The van der Waals surface area contributed by atoms with Crippen molar-refractivity contribution in [2.75, 3.05) is 13.2 Å². The number of nitro benzene ring substituents is 1. The van der Waals surface area contributed by atoms with Crippen LogP contribution in [0.3, 0.4) is 0 Å². The minimum absolute atomic E-state index is 0.0933. The molecule has 0 atom stereocenters. The molecule has 4 rings (SSSR count). The van der Waals surface area contributed by atoms with Crippen molar-refractivity contribution in [1.82, 2.24) is 4.90 Å². The van der Waals surface area contributed by atoms with Gasteiger partial charge in [0.2, 0.25) is 0 Å². The maximum Gasteiger partial charge on any atom is 0.293 e. The van der Waals surface area contributed by atoms with Crippen molar-refractivity contribution >= 4 is 58.0 Å². The van der Waals surface area contributed by atoms with Crippen LogP contribution in [0.1, 0.15) is 5.56 Å². The van der Waals surface area contributed by atoms with Crippen LogP contribution in [0, 0.1) is 10.1 Å². The molecule has 1 saturated heterocycles. The van der Waals surface area contributed by atoms with Gasteiger partial charge in [-0.1, -0.05) is 47.6 Å². The zero-order valence-corrected chi connectivity index (χ0v) is 19.9. The summed E-state index contributed by atoms with van der Waals surface area (Å²) in [6.45, 7) is 0.269. The van der Waals surface area contributed by atoms with Gasteiger partial charge in [-0.05, 0) is 65.9 Å². The Labute approximate surface area is 208 Å². The molecule has 0 spiro atoms. The first-order valence-electron chi connectivity index (χ1n) is 10.1. The van der Waals surface area contributed by atoms with Crippen LogP contribution >= 0.6 is 35.1 Å². The Morgan fingerprint density at radius 3 is 2.50 bits per heavy atom. The standard InChI is InChI=1S/C24H17ClN2O5S2/c25-17-7-9-19(10-8-17)33-21-11-6-16(14-20(21)27(30)31)15-22-23(28)26(24(29)34-22)12-13-32-18-4-2-1-3-5-18/h1-11,14-15H,12-13H2/b22-15-. The van der Waals surface area contributed by atoms with Crippen LogP contribution in [-0.4, -0.2) is 34.1 Å². The number of hydrogen-bond acceptors (Lipinski definition) is 7. The van der Waals surface area contributed by atoms with E-state index < -0.39 is 16.1 Å². The zero-order valence-electron chi connectivity index (χ0n) is 17.5. The largest absolute Gasteiger partial charge is 0.492 e. The minimum atomic E-state index is -0.470. The fraction of sp³-hybridized carbons (Fsp3) is 0.0833. The molecule has 3 aromatic rings. The van der Waals surface area contributed by atoms with Crippen LogP contribution < -0.4 is 4.74 Å². The fourth-order valence-corrected chi connectivity index (χ4v) is 4.99. The topological polar surface area (TPSA) is 89.8 Å². The van der Waals surface area contributed by atoms with Gasteiger partial charge in [-0.2, -0.15) is 0 Å². The van der Waals surface area contributed by atoms with Gasteiger partial charge in [0.05, 0.1) is 21.3 Å². The number of nitro groups is 1. The number of ether oxygens (including phenoxy) is 1. The monoisotopic (exact) mass is 512 g/mol. The van der Waals surface area contributed by atoms with E-state index in [4.69, 9.17) is 16.3 Å². The van der Waals surface area contributed by atoms with Crippen LogP contribution in [0.4, 0.5) is 10.5 Å². The van der Waals surface area contributed by atoms with E-state index in [0.29, 0.717) is 21.2 Å². The average molecular weight is 513 g/mol. The molecular weight excluding hydrogens is 496 g/mol. The van der Waals surface area contributed by atoms with Gasteiger partial charge in [0.1, 0.15) is 12.4 Å². The number of para-hydroxylation sites is 1. The highest BCUT2D eigenvalue weighted by Crippen LogP contribution is 2.37. The molecule has 0 aliphatic carbocycles. The predicted octanol–water partition coefficient (Wildman–Crippen LogP) is 6.51. The number of benzene rings is 3. The van der Waals surface area contributed by atoms with Gasteiger partial charge in [0, 0.05) is 16.0 Å². The molecule has 2 amide bonds. The molecule has 0 saturated carbocycles. The van der Waals surface area contributed by atoms with Gasteiger partial charge in [-0.15, -0.1) is 0 Å². The van der Waals surface area contributed by atoms with Crippen molar-refractivity contribution < 1.29 is 19.2 Å². The zero-order chi connectivity index (χ0) is 24.1. The van der Waals surface area contributed by atoms with E-state index in [1.54, 1.807) is 48.5 Å². The second-order valence-electron chi connectivity index (χ2n) is 7.04. The van der Waals surface area contributed by atoms with Crippen molar-refractivity contribution in [2.24, 2.45) is 0 Å². The van der Waals surface area contributed by atoms with Crippen molar-refractivity contribution in [1.29, 1.82) is 0 Å². The maximum atomic E-state index is 12.7. The summed E-state index contributed by atoms with van der Waals surface area (Å²) in [6.07, 6.45) is 1.49. The number of halogens is 1. The molecule has 1 fully saturated rings. The van der Waals surface area contributed by atoms with E-state index >= 15 is 0 Å². The van der Waals surface area contributed by atoms with Gasteiger partial charge in [0.25, 0.3) is 16.8 Å². The predicted molar refractivity (Wildman–Crippen MR) is 133 cm³/mol. The summed E-state index contributed by atoms with van der Waals surface area (Å²) in [4.78, 5) is 38.8. The summed E-state index contributed by atoms with van der Waals surface area (Å²) in [5.74, 6) is 0.197. The third-order valence-corrected chi connectivity index (χ3v) is 6.95. The third kappa shape index (κ3) is 5.80. The first kappa shape index (κ1) is 23.9. The number of imide groups is 1. The number of carbonyl (C=O) groups excluding carboxylic acids is 2. The van der Waals surface area contributed by atoms with Crippen LogP contribution in [0.25, 0.3) is 6.08 Å². The summed E-state index contributed by atoms with van der Waals surface area (Å²) in [7, 11) is 0. The van der Waals surface area contributed by atoms with Gasteiger partial charge in [0.15, 0.2) is 0 Å². The molecule has 0 bridgehead atoms. The highest BCUT2D eigenvalue weighted by Gasteiger charge is 2.35. The molecule has 0 unspecified atom stereocenters. The summed E-state index contributed by atoms with van der Waals surface area (Å²) in [5.41, 5.74) is 0.363. The second-order valence-corrected chi connectivity index (χ2v) is 9.58. The Kier molecular flexibility index (Phi) is 7.56. The number of carbonyl (C=O) groups is 2. The molecular formula is C24H17ClN2O5S2. The molecule has 7 nitrogen and oxygen atoms in total. The molecule has 172 valence electrons. The van der Waals surface area contributed by atoms with Gasteiger partial charge >= 0.3 is 0 Å². The number of rotatable bonds is 8. The minimum Gasteiger partial charge on any atom is -0.492 e. The molecule has 0 aromatic heterocycles. The Bertz CT molecular complexity index is 1270. The van der Waals surface area contributed by atoms with E-state index in [9.17, 15) is 19.7 Å². The summed E-state index contributed by atoms with van der Waals surface area (Å²) >= 11 is 7.94. The molecule has 0 N–H and O–H groups in total. The third-order valence-electron chi connectivity index (χ3n) is 4.72.